The summed E-state index contributed by atoms with van der Waals surface area (Å²) in [7, 11) is 1.68. The summed E-state index contributed by atoms with van der Waals surface area (Å²) in [5.74, 6) is 0.819. The second kappa shape index (κ2) is 6.90. The Bertz CT molecular complexity index is 499. The van der Waals surface area contributed by atoms with Crippen LogP contribution in [-0.2, 0) is 0 Å². The molecule has 0 bridgehead atoms. The lowest BCUT2D eigenvalue weighted by Crippen LogP contribution is -2.24. The molecule has 1 aromatic heterocycles. The second-order valence-electron chi connectivity index (χ2n) is 4.39. The van der Waals surface area contributed by atoms with E-state index >= 15 is 0 Å². The molecule has 19 heavy (non-hydrogen) atoms. The van der Waals surface area contributed by atoms with E-state index in [1.165, 1.54) is 5.56 Å². The van der Waals surface area contributed by atoms with Crippen molar-refractivity contribution in [3.8, 4) is 5.75 Å². The Morgan fingerprint density at radius 1 is 1.16 bits per heavy atom. The zero-order valence-electron chi connectivity index (χ0n) is 11.5. The number of pyridine rings is 1. The predicted octanol–water partition coefficient (Wildman–Crippen LogP) is 3.18. The van der Waals surface area contributed by atoms with Gasteiger partial charge in [0.25, 0.3) is 0 Å². The first-order chi connectivity index (χ1) is 9.36. The molecule has 0 radical (unpaired) electrons. The highest BCUT2D eigenvalue weighted by Crippen LogP contribution is 2.27. The van der Waals surface area contributed by atoms with E-state index in [9.17, 15) is 0 Å². The van der Waals surface area contributed by atoms with Crippen molar-refractivity contribution < 1.29 is 4.74 Å². The number of hydrogen-bond acceptors (Lipinski definition) is 3. The molecule has 3 nitrogen and oxygen atoms in total. The molecular weight excluding hydrogens is 236 g/mol. The van der Waals surface area contributed by atoms with Gasteiger partial charge in [0.15, 0.2) is 0 Å². The van der Waals surface area contributed by atoms with Gasteiger partial charge in [0, 0.05) is 6.20 Å². The van der Waals surface area contributed by atoms with E-state index in [0.29, 0.717) is 0 Å². The van der Waals surface area contributed by atoms with Crippen molar-refractivity contribution in [2.24, 2.45) is 0 Å². The van der Waals surface area contributed by atoms with E-state index in [2.05, 4.69) is 29.4 Å². The number of benzene rings is 1. The van der Waals surface area contributed by atoms with Gasteiger partial charge in [-0.2, -0.15) is 0 Å². The summed E-state index contributed by atoms with van der Waals surface area (Å²) in [5, 5.41) is 3.53. The highest BCUT2D eigenvalue weighted by Gasteiger charge is 2.18. The Balaban J connectivity index is 2.37. The standard InChI is InChI=1S/C16H20N2O/c1-3-11-17-15(13-8-5-4-6-9-13)16-14(19-2)10-7-12-18-16/h4-10,12,15,17H,3,11H2,1-2H3. The molecule has 1 atom stereocenters. The number of ether oxygens (including phenoxy) is 1. The molecule has 1 unspecified atom stereocenters. The smallest absolute Gasteiger partial charge is 0.142 e. The van der Waals surface area contributed by atoms with Gasteiger partial charge in [0.2, 0.25) is 0 Å². The van der Waals surface area contributed by atoms with Crippen LogP contribution in [0.25, 0.3) is 0 Å². The molecule has 1 aromatic carbocycles. The Labute approximate surface area is 114 Å². The number of nitrogens with zero attached hydrogens (tertiary/aromatic N) is 1. The number of aromatic nitrogens is 1. The van der Waals surface area contributed by atoms with Gasteiger partial charge in [-0.1, -0.05) is 37.3 Å². The van der Waals surface area contributed by atoms with Gasteiger partial charge < -0.3 is 10.1 Å². The summed E-state index contributed by atoms with van der Waals surface area (Å²) in [6.07, 6.45) is 2.89. The SMILES string of the molecule is CCCNC(c1ccccc1)c1ncccc1OC. The number of methoxy groups -OCH3 is 1. The highest BCUT2D eigenvalue weighted by molar-refractivity contribution is 5.36. The van der Waals surface area contributed by atoms with Gasteiger partial charge in [0.1, 0.15) is 11.4 Å². The Hall–Kier alpha value is -1.87. The van der Waals surface area contributed by atoms with Crippen molar-refractivity contribution in [1.82, 2.24) is 10.3 Å². The van der Waals surface area contributed by atoms with E-state index in [4.69, 9.17) is 4.74 Å². The minimum atomic E-state index is 0.0669. The topological polar surface area (TPSA) is 34.2 Å². The van der Waals surface area contributed by atoms with Crippen molar-refractivity contribution >= 4 is 0 Å². The van der Waals surface area contributed by atoms with E-state index in [0.717, 1.165) is 24.4 Å². The molecule has 0 spiro atoms. The van der Waals surface area contributed by atoms with Crippen molar-refractivity contribution in [2.45, 2.75) is 19.4 Å². The van der Waals surface area contributed by atoms with Gasteiger partial charge in [-0.3, -0.25) is 4.98 Å². The van der Waals surface area contributed by atoms with Crippen LogP contribution in [0.3, 0.4) is 0 Å². The van der Waals surface area contributed by atoms with Crippen molar-refractivity contribution in [1.29, 1.82) is 0 Å². The Morgan fingerprint density at radius 2 is 1.95 bits per heavy atom. The number of nitrogens with one attached hydrogen (secondary N) is 1. The molecule has 100 valence electrons. The fourth-order valence-corrected chi connectivity index (χ4v) is 2.10. The molecule has 0 aliphatic rings. The molecule has 0 amide bonds. The third kappa shape index (κ3) is 3.32. The summed E-state index contributed by atoms with van der Waals surface area (Å²) < 4.78 is 5.43. The molecule has 3 heteroatoms. The fourth-order valence-electron chi connectivity index (χ4n) is 2.10. The molecule has 0 saturated carbocycles. The fraction of sp³-hybridized carbons (Fsp3) is 0.312. The third-order valence-corrected chi connectivity index (χ3v) is 3.02. The van der Waals surface area contributed by atoms with Gasteiger partial charge in [-0.05, 0) is 30.7 Å². The van der Waals surface area contributed by atoms with Crippen molar-refractivity contribution in [3.63, 3.8) is 0 Å². The van der Waals surface area contributed by atoms with Crippen molar-refractivity contribution in [3.05, 3.63) is 59.9 Å². The molecule has 1 N–H and O–H groups in total. The van der Waals surface area contributed by atoms with Crippen LogP contribution in [0.15, 0.2) is 48.7 Å². The minimum absolute atomic E-state index is 0.0669. The maximum Gasteiger partial charge on any atom is 0.142 e. The number of hydrogen-bond donors (Lipinski definition) is 1. The van der Waals surface area contributed by atoms with Crippen LogP contribution in [0.1, 0.15) is 30.6 Å². The lowest BCUT2D eigenvalue weighted by atomic mass is 10.0. The van der Waals surface area contributed by atoms with Crippen LogP contribution >= 0.6 is 0 Å². The van der Waals surface area contributed by atoms with Crippen LogP contribution in [-0.4, -0.2) is 18.6 Å². The second-order valence-corrected chi connectivity index (χ2v) is 4.39. The van der Waals surface area contributed by atoms with Crippen LogP contribution in [0.4, 0.5) is 0 Å². The lowest BCUT2D eigenvalue weighted by Gasteiger charge is -2.20. The first-order valence-electron chi connectivity index (χ1n) is 6.64. The van der Waals surface area contributed by atoms with Gasteiger partial charge >= 0.3 is 0 Å². The lowest BCUT2D eigenvalue weighted by molar-refractivity contribution is 0.400. The van der Waals surface area contributed by atoms with Gasteiger partial charge in [0.05, 0.1) is 13.2 Å². The van der Waals surface area contributed by atoms with Crippen LogP contribution in [0.5, 0.6) is 5.75 Å². The van der Waals surface area contributed by atoms with Crippen LogP contribution < -0.4 is 10.1 Å². The average Bonchev–Trinajstić information content (AvgIpc) is 2.49. The summed E-state index contributed by atoms with van der Waals surface area (Å²) in [5.41, 5.74) is 2.14. The maximum absolute atomic E-state index is 5.43. The molecule has 0 fully saturated rings. The molecule has 2 rings (SSSR count). The van der Waals surface area contributed by atoms with Crippen LogP contribution in [0, 0.1) is 0 Å². The molecule has 0 saturated heterocycles. The van der Waals surface area contributed by atoms with E-state index in [1.54, 1.807) is 13.3 Å². The average molecular weight is 256 g/mol. The van der Waals surface area contributed by atoms with E-state index < -0.39 is 0 Å². The van der Waals surface area contributed by atoms with E-state index in [-0.39, 0.29) is 6.04 Å². The third-order valence-electron chi connectivity index (χ3n) is 3.02. The first kappa shape index (κ1) is 13.6. The highest BCUT2D eigenvalue weighted by atomic mass is 16.5. The first-order valence-corrected chi connectivity index (χ1v) is 6.64. The summed E-state index contributed by atoms with van der Waals surface area (Å²) >= 11 is 0. The molecule has 0 aliphatic heterocycles. The largest absolute Gasteiger partial charge is 0.495 e. The van der Waals surface area contributed by atoms with Gasteiger partial charge in [-0.15, -0.1) is 0 Å². The monoisotopic (exact) mass is 256 g/mol. The minimum Gasteiger partial charge on any atom is -0.495 e. The number of rotatable bonds is 6. The molecule has 2 aromatic rings. The normalized spacial score (nSPS) is 12.1. The van der Waals surface area contributed by atoms with Gasteiger partial charge in [-0.25, -0.2) is 0 Å². The maximum atomic E-state index is 5.43. The van der Waals surface area contributed by atoms with E-state index in [1.807, 2.05) is 30.3 Å². The zero-order chi connectivity index (χ0) is 13.5. The summed E-state index contributed by atoms with van der Waals surface area (Å²) in [6.45, 7) is 3.10. The zero-order valence-corrected chi connectivity index (χ0v) is 11.5. The Kier molecular flexibility index (Phi) is 4.93. The quantitative estimate of drug-likeness (QED) is 0.862. The predicted molar refractivity (Wildman–Crippen MR) is 77.4 cm³/mol. The molecule has 0 aliphatic carbocycles. The Morgan fingerprint density at radius 3 is 2.63 bits per heavy atom. The van der Waals surface area contributed by atoms with Crippen LogP contribution in [0.2, 0.25) is 0 Å². The summed E-state index contributed by atoms with van der Waals surface area (Å²) in [4.78, 5) is 4.49. The molecular formula is C16H20N2O. The summed E-state index contributed by atoms with van der Waals surface area (Å²) in [6, 6.07) is 14.3. The van der Waals surface area contributed by atoms with Crippen molar-refractivity contribution in [2.75, 3.05) is 13.7 Å². The molecule has 1 heterocycles.